The Kier molecular flexibility index (Phi) is 7.52. The summed E-state index contributed by atoms with van der Waals surface area (Å²) >= 11 is 0. The number of aromatic nitrogens is 2. The first-order chi connectivity index (χ1) is 17.9. The van der Waals surface area contributed by atoms with Gasteiger partial charge in [0.1, 0.15) is 5.69 Å². The number of rotatable bonds is 6. The summed E-state index contributed by atoms with van der Waals surface area (Å²) in [4.78, 5) is 22.7. The molecule has 2 saturated heterocycles. The van der Waals surface area contributed by atoms with Gasteiger partial charge in [0.2, 0.25) is 0 Å². The van der Waals surface area contributed by atoms with E-state index >= 15 is 0 Å². The summed E-state index contributed by atoms with van der Waals surface area (Å²) in [6.45, 7) is 10.7. The number of hydrogen-bond acceptors (Lipinski definition) is 5. The normalized spacial score (nSPS) is 21.6. The van der Waals surface area contributed by atoms with E-state index in [1.165, 1.54) is 11.1 Å². The summed E-state index contributed by atoms with van der Waals surface area (Å²) in [7, 11) is 0. The lowest BCUT2D eigenvalue weighted by Gasteiger charge is -2.43. The predicted octanol–water partition coefficient (Wildman–Crippen LogP) is 4.62. The van der Waals surface area contributed by atoms with Gasteiger partial charge in [0.15, 0.2) is 5.82 Å². The average molecular weight is 503 g/mol. The second-order valence-electron chi connectivity index (χ2n) is 11.4. The van der Waals surface area contributed by atoms with Crippen molar-refractivity contribution >= 4 is 17.2 Å². The predicted molar refractivity (Wildman–Crippen MR) is 146 cm³/mol. The standard InChI is InChI=1S/C30H38N4O3/c1-4-24-20-31-27(32-24)28(35)33-26-6-5-23(19-25(26)22-7-9-29(2,3)10-8-22)30(11-15-36-16-12-30)21-34-13-17-37-18-14-34/h1,5-7,19-20H,8-18,21H2,2-3H3,(H,31,32)(H,33,35). The molecule has 0 spiro atoms. The molecule has 7 heteroatoms. The largest absolute Gasteiger partial charge is 0.381 e. The van der Waals surface area contributed by atoms with Crippen LogP contribution in [0.1, 0.15) is 73.4 Å². The van der Waals surface area contributed by atoms with E-state index in [9.17, 15) is 4.79 Å². The molecule has 2 fully saturated rings. The van der Waals surface area contributed by atoms with Crippen molar-refractivity contribution in [3.8, 4) is 12.3 Å². The van der Waals surface area contributed by atoms with E-state index in [4.69, 9.17) is 15.9 Å². The van der Waals surface area contributed by atoms with Crippen LogP contribution in [0.4, 0.5) is 5.69 Å². The van der Waals surface area contributed by atoms with E-state index in [2.05, 4.69) is 64.2 Å². The Balaban J connectivity index is 1.50. The van der Waals surface area contributed by atoms with E-state index < -0.39 is 0 Å². The zero-order valence-electron chi connectivity index (χ0n) is 22.1. The number of allylic oxidation sites excluding steroid dienone is 2. The fourth-order valence-electron chi connectivity index (χ4n) is 5.75. The molecule has 1 aliphatic carbocycles. The van der Waals surface area contributed by atoms with Crippen LogP contribution in [0.5, 0.6) is 0 Å². The first-order valence-corrected chi connectivity index (χ1v) is 13.4. The third-order valence-corrected chi connectivity index (χ3v) is 8.22. The summed E-state index contributed by atoms with van der Waals surface area (Å²) in [5.74, 6) is 2.39. The van der Waals surface area contributed by atoms with Gasteiger partial charge in [-0.1, -0.05) is 26.0 Å². The lowest BCUT2D eigenvalue weighted by molar-refractivity contribution is -0.00119. The van der Waals surface area contributed by atoms with Crippen LogP contribution in [0.25, 0.3) is 5.57 Å². The minimum absolute atomic E-state index is 0.0179. The Bertz CT molecular complexity index is 1190. The van der Waals surface area contributed by atoms with Crippen LogP contribution >= 0.6 is 0 Å². The molecule has 3 heterocycles. The SMILES string of the molecule is C#Cc1c[nH]c(C(=O)Nc2ccc(C3(CN4CCOCC4)CCOCC3)cc2C2=CCC(C)(C)CC2)n1. The van der Waals surface area contributed by atoms with Gasteiger partial charge in [-0.3, -0.25) is 9.69 Å². The summed E-state index contributed by atoms with van der Waals surface area (Å²) < 4.78 is 11.4. The van der Waals surface area contributed by atoms with Crippen molar-refractivity contribution in [1.29, 1.82) is 0 Å². The monoisotopic (exact) mass is 502 g/mol. The van der Waals surface area contributed by atoms with Crippen molar-refractivity contribution < 1.29 is 14.3 Å². The van der Waals surface area contributed by atoms with Crippen molar-refractivity contribution in [2.45, 2.75) is 51.4 Å². The average Bonchev–Trinajstić information content (AvgIpc) is 3.40. The number of ether oxygens (including phenoxy) is 2. The number of amides is 1. The number of hydrogen-bond donors (Lipinski definition) is 2. The zero-order valence-corrected chi connectivity index (χ0v) is 22.1. The number of aromatic amines is 1. The molecule has 196 valence electrons. The molecule has 2 aliphatic heterocycles. The third kappa shape index (κ3) is 5.82. The van der Waals surface area contributed by atoms with E-state index in [0.29, 0.717) is 11.1 Å². The second kappa shape index (κ2) is 10.8. The number of morpholine rings is 1. The number of terminal acetylenes is 1. The Morgan fingerprint density at radius 1 is 1.16 bits per heavy atom. The van der Waals surface area contributed by atoms with Crippen LogP contribution in [0, 0.1) is 17.8 Å². The number of carbonyl (C=O) groups excluding carboxylic acids is 1. The number of H-pyrrole nitrogens is 1. The van der Waals surface area contributed by atoms with Crippen molar-refractivity contribution in [2.75, 3.05) is 51.4 Å². The van der Waals surface area contributed by atoms with Crippen LogP contribution in [0.3, 0.4) is 0 Å². The molecule has 0 radical (unpaired) electrons. The molecule has 0 bridgehead atoms. The van der Waals surface area contributed by atoms with E-state index in [1.807, 2.05) is 0 Å². The molecule has 5 rings (SSSR count). The molecule has 2 N–H and O–H groups in total. The fraction of sp³-hybridized carbons (Fsp3) is 0.533. The van der Waals surface area contributed by atoms with Crippen LogP contribution < -0.4 is 5.32 Å². The summed E-state index contributed by atoms with van der Waals surface area (Å²) in [5, 5.41) is 3.11. The topological polar surface area (TPSA) is 79.5 Å². The zero-order chi connectivity index (χ0) is 25.9. The lowest BCUT2D eigenvalue weighted by Crippen LogP contribution is -2.48. The third-order valence-electron chi connectivity index (χ3n) is 8.22. The van der Waals surface area contributed by atoms with Crippen LogP contribution in [0.2, 0.25) is 0 Å². The maximum absolute atomic E-state index is 13.1. The van der Waals surface area contributed by atoms with Gasteiger partial charge in [0.05, 0.1) is 13.2 Å². The maximum atomic E-state index is 13.1. The van der Waals surface area contributed by atoms with Gasteiger partial charge in [-0.15, -0.1) is 6.42 Å². The minimum Gasteiger partial charge on any atom is -0.381 e. The molecular weight excluding hydrogens is 464 g/mol. The highest BCUT2D eigenvalue weighted by atomic mass is 16.5. The Morgan fingerprint density at radius 3 is 2.59 bits per heavy atom. The van der Waals surface area contributed by atoms with E-state index in [0.717, 1.165) is 89.4 Å². The number of anilines is 1. The first kappa shape index (κ1) is 25.7. The van der Waals surface area contributed by atoms with Crippen LogP contribution in [-0.2, 0) is 14.9 Å². The molecule has 3 aliphatic rings. The minimum atomic E-state index is -0.290. The smallest absolute Gasteiger partial charge is 0.291 e. The van der Waals surface area contributed by atoms with Crippen LogP contribution in [0.15, 0.2) is 30.5 Å². The number of nitrogens with one attached hydrogen (secondary N) is 2. The van der Waals surface area contributed by atoms with Crippen molar-refractivity contribution in [3.63, 3.8) is 0 Å². The lowest BCUT2D eigenvalue weighted by atomic mass is 9.72. The highest BCUT2D eigenvalue weighted by Crippen LogP contribution is 2.43. The molecule has 0 atom stereocenters. The van der Waals surface area contributed by atoms with Gasteiger partial charge in [0, 0.05) is 55.7 Å². The van der Waals surface area contributed by atoms with Crippen molar-refractivity contribution in [3.05, 3.63) is 53.1 Å². The number of imidazole rings is 1. The maximum Gasteiger partial charge on any atom is 0.291 e. The molecule has 0 unspecified atom stereocenters. The highest BCUT2D eigenvalue weighted by molar-refractivity contribution is 6.03. The second-order valence-corrected chi connectivity index (χ2v) is 11.4. The Labute approximate surface area is 220 Å². The summed E-state index contributed by atoms with van der Waals surface area (Å²) in [5.41, 5.74) is 5.28. The Morgan fingerprint density at radius 2 is 1.92 bits per heavy atom. The molecule has 1 aromatic carbocycles. The quantitative estimate of drug-likeness (QED) is 0.564. The molecular formula is C30H38N4O3. The van der Waals surface area contributed by atoms with Crippen molar-refractivity contribution in [2.24, 2.45) is 5.41 Å². The van der Waals surface area contributed by atoms with Crippen LogP contribution in [-0.4, -0.2) is 66.8 Å². The molecule has 0 saturated carbocycles. The molecule has 37 heavy (non-hydrogen) atoms. The van der Waals surface area contributed by atoms with E-state index in [1.54, 1.807) is 6.20 Å². The molecule has 1 aromatic heterocycles. The highest BCUT2D eigenvalue weighted by Gasteiger charge is 2.37. The summed E-state index contributed by atoms with van der Waals surface area (Å²) in [6.07, 6.45) is 14.5. The first-order valence-electron chi connectivity index (χ1n) is 13.4. The van der Waals surface area contributed by atoms with Gasteiger partial charge in [0.25, 0.3) is 5.91 Å². The van der Waals surface area contributed by atoms with E-state index in [-0.39, 0.29) is 17.1 Å². The fourth-order valence-corrected chi connectivity index (χ4v) is 5.75. The van der Waals surface area contributed by atoms with Gasteiger partial charge in [-0.2, -0.15) is 0 Å². The van der Waals surface area contributed by atoms with Gasteiger partial charge in [-0.25, -0.2) is 4.98 Å². The van der Waals surface area contributed by atoms with Gasteiger partial charge < -0.3 is 19.8 Å². The van der Waals surface area contributed by atoms with Gasteiger partial charge >= 0.3 is 0 Å². The number of carbonyl (C=O) groups is 1. The molecule has 1 amide bonds. The van der Waals surface area contributed by atoms with Gasteiger partial charge in [-0.05, 0) is 66.7 Å². The molecule has 2 aromatic rings. The van der Waals surface area contributed by atoms with Crippen molar-refractivity contribution in [1.82, 2.24) is 14.9 Å². The molecule has 7 nitrogen and oxygen atoms in total. The summed E-state index contributed by atoms with van der Waals surface area (Å²) in [6, 6.07) is 6.61. The number of nitrogens with zero attached hydrogens (tertiary/aromatic N) is 2. The Hall–Kier alpha value is -2.92. The number of benzene rings is 1.